The van der Waals surface area contributed by atoms with Crippen LogP contribution >= 0.6 is 0 Å². The molecule has 0 spiro atoms. The predicted molar refractivity (Wildman–Crippen MR) is 72.5 cm³/mol. The van der Waals surface area contributed by atoms with E-state index >= 15 is 0 Å². The maximum Gasteiger partial charge on any atom is 0.119 e. The van der Waals surface area contributed by atoms with Crippen molar-refractivity contribution >= 4 is 0 Å². The number of aliphatic hydroxyl groups excluding tert-OH is 1. The molecule has 1 N–H and O–H groups in total. The van der Waals surface area contributed by atoms with Gasteiger partial charge in [-0.15, -0.1) is 0 Å². The molecule has 1 aliphatic carbocycles. The highest BCUT2D eigenvalue weighted by atomic mass is 16.5. The van der Waals surface area contributed by atoms with Gasteiger partial charge in [0.25, 0.3) is 0 Å². The van der Waals surface area contributed by atoms with E-state index in [4.69, 9.17) is 14.2 Å². The summed E-state index contributed by atoms with van der Waals surface area (Å²) in [6.45, 7) is 2.60. The van der Waals surface area contributed by atoms with Gasteiger partial charge < -0.3 is 19.3 Å². The predicted octanol–water partition coefficient (Wildman–Crippen LogP) is 2.10. The van der Waals surface area contributed by atoms with Crippen molar-refractivity contribution in [3.8, 4) is 5.75 Å². The number of aryl methyl sites for hydroxylation is 1. The van der Waals surface area contributed by atoms with Crippen molar-refractivity contribution < 1.29 is 19.3 Å². The van der Waals surface area contributed by atoms with Crippen molar-refractivity contribution in [1.82, 2.24) is 0 Å². The van der Waals surface area contributed by atoms with Crippen LogP contribution in [-0.2, 0) is 15.9 Å². The molecule has 1 aliphatic rings. The Kier molecular flexibility index (Phi) is 5.63. The molecule has 1 unspecified atom stereocenters. The summed E-state index contributed by atoms with van der Waals surface area (Å²) in [7, 11) is 1.66. The zero-order chi connectivity index (χ0) is 13.5. The topological polar surface area (TPSA) is 47.9 Å². The molecule has 4 nitrogen and oxygen atoms in total. The molecular formula is C15H22O4. The van der Waals surface area contributed by atoms with Gasteiger partial charge in [-0.3, -0.25) is 0 Å². The van der Waals surface area contributed by atoms with E-state index in [0.29, 0.717) is 26.4 Å². The van der Waals surface area contributed by atoms with E-state index < -0.39 is 0 Å². The van der Waals surface area contributed by atoms with Crippen molar-refractivity contribution in [3.05, 3.63) is 29.3 Å². The van der Waals surface area contributed by atoms with E-state index in [2.05, 4.69) is 0 Å². The molecule has 2 rings (SSSR count). The Balaban J connectivity index is 1.67. The molecule has 0 amide bonds. The molecule has 0 aromatic heterocycles. The summed E-state index contributed by atoms with van der Waals surface area (Å²) in [5.74, 6) is 0.879. The Hall–Kier alpha value is -1.10. The van der Waals surface area contributed by atoms with E-state index in [-0.39, 0.29) is 6.10 Å². The fraction of sp³-hybridized carbons (Fsp3) is 0.600. The third kappa shape index (κ3) is 4.20. The monoisotopic (exact) mass is 266 g/mol. The van der Waals surface area contributed by atoms with Crippen LogP contribution in [0.3, 0.4) is 0 Å². The molecule has 0 fully saturated rings. The number of methoxy groups -OCH3 is 1. The van der Waals surface area contributed by atoms with Crippen molar-refractivity contribution in [2.45, 2.75) is 25.4 Å². The molecule has 1 aromatic rings. The molecule has 19 heavy (non-hydrogen) atoms. The molecule has 0 aliphatic heterocycles. The highest BCUT2D eigenvalue weighted by Gasteiger charge is 2.20. The molecule has 0 heterocycles. The lowest BCUT2D eigenvalue weighted by Crippen LogP contribution is -2.06. The van der Waals surface area contributed by atoms with Crippen molar-refractivity contribution in [2.75, 3.05) is 33.5 Å². The smallest absolute Gasteiger partial charge is 0.119 e. The van der Waals surface area contributed by atoms with E-state index in [1.165, 1.54) is 5.56 Å². The minimum absolute atomic E-state index is 0.293. The number of rotatable bonds is 8. The van der Waals surface area contributed by atoms with Crippen molar-refractivity contribution in [2.24, 2.45) is 0 Å². The molecular weight excluding hydrogens is 244 g/mol. The second kappa shape index (κ2) is 7.48. The van der Waals surface area contributed by atoms with Gasteiger partial charge in [0.05, 0.1) is 25.9 Å². The van der Waals surface area contributed by atoms with Crippen molar-refractivity contribution in [1.29, 1.82) is 0 Å². The third-order valence-corrected chi connectivity index (χ3v) is 3.29. The number of aliphatic hydroxyl groups is 1. The fourth-order valence-corrected chi connectivity index (χ4v) is 2.26. The quantitative estimate of drug-likeness (QED) is 0.732. The van der Waals surface area contributed by atoms with E-state index in [1.54, 1.807) is 7.11 Å². The van der Waals surface area contributed by atoms with Gasteiger partial charge in [0.15, 0.2) is 0 Å². The van der Waals surface area contributed by atoms with Crippen LogP contribution in [0.2, 0.25) is 0 Å². The van der Waals surface area contributed by atoms with Crippen LogP contribution in [0.15, 0.2) is 18.2 Å². The lowest BCUT2D eigenvalue weighted by atomic mass is 10.1. The minimum atomic E-state index is -0.293. The molecule has 1 aromatic carbocycles. The van der Waals surface area contributed by atoms with Crippen LogP contribution in [0.1, 0.15) is 30.1 Å². The normalized spacial score (nSPS) is 17.5. The first-order chi connectivity index (χ1) is 9.31. The molecule has 1 atom stereocenters. The summed E-state index contributed by atoms with van der Waals surface area (Å²) >= 11 is 0. The Morgan fingerprint density at radius 2 is 2.11 bits per heavy atom. The number of ether oxygens (including phenoxy) is 3. The number of fused-ring (bicyclic) bond motifs is 1. The van der Waals surface area contributed by atoms with E-state index in [0.717, 1.165) is 30.6 Å². The van der Waals surface area contributed by atoms with Crippen LogP contribution in [0.4, 0.5) is 0 Å². The van der Waals surface area contributed by atoms with Crippen LogP contribution in [0.5, 0.6) is 5.75 Å². The molecule has 0 bridgehead atoms. The second-order valence-corrected chi connectivity index (χ2v) is 4.72. The molecule has 106 valence electrons. The Morgan fingerprint density at radius 1 is 1.21 bits per heavy atom. The van der Waals surface area contributed by atoms with Crippen LogP contribution in [0.25, 0.3) is 0 Å². The Labute approximate surface area is 114 Å². The van der Waals surface area contributed by atoms with Crippen LogP contribution in [0, 0.1) is 0 Å². The molecule has 0 saturated carbocycles. The second-order valence-electron chi connectivity index (χ2n) is 4.72. The lowest BCUT2D eigenvalue weighted by Gasteiger charge is -2.09. The number of hydrogen-bond acceptors (Lipinski definition) is 4. The first-order valence-electron chi connectivity index (χ1n) is 6.81. The summed E-state index contributed by atoms with van der Waals surface area (Å²) in [5.41, 5.74) is 2.26. The highest BCUT2D eigenvalue weighted by molar-refractivity contribution is 5.39. The largest absolute Gasteiger partial charge is 0.493 e. The summed E-state index contributed by atoms with van der Waals surface area (Å²) in [6.07, 6.45) is 2.34. The van der Waals surface area contributed by atoms with Gasteiger partial charge in [-0.1, -0.05) is 6.07 Å². The fourth-order valence-electron chi connectivity index (χ4n) is 2.26. The van der Waals surface area contributed by atoms with Gasteiger partial charge in [0.1, 0.15) is 5.75 Å². The van der Waals surface area contributed by atoms with Gasteiger partial charge in [-0.25, -0.2) is 0 Å². The van der Waals surface area contributed by atoms with E-state index in [9.17, 15) is 5.11 Å². The third-order valence-electron chi connectivity index (χ3n) is 3.29. The van der Waals surface area contributed by atoms with E-state index in [1.807, 2.05) is 18.2 Å². The average Bonchev–Trinajstić information content (AvgIpc) is 2.79. The molecule has 4 heteroatoms. The van der Waals surface area contributed by atoms with Gasteiger partial charge in [-0.2, -0.15) is 0 Å². The van der Waals surface area contributed by atoms with Crippen molar-refractivity contribution in [3.63, 3.8) is 0 Å². The zero-order valence-electron chi connectivity index (χ0n) is 11.4. The van der Waals surface area contributed by atoms with Gasteiger partial charge in [0.2, 0.25) is 0 Å². The SMILES string of the molecule is COCCOCCCOc1ccc2c(c1)CCC2O. The van der Waals surface area contributed by atoms with Gasteiger partial charge >= 0.3 is 0 Å². The molecule has 0 saturated heterocycles. The standard InChI is InChI=1S/C15H22O4/c1-17-9-10-18-7-2-8-19-13-4-5-14-12(11-13)3-6-15(14)16/h4-5,11,15-16H,2-3,6-10H2,1H3. The summed E-state index contributed by atoms with van der Waals surface area (Å²) < 4.78 is 15.9. The summed E-state index contributed by atoms with van der Waals surface area (Å²) in [4.78, 5) is 0. The number of hydrogen-bond donors (Lipinski definition) is 1. The first-order valence-corrected chi connectivity index (χ1v) is 6.81. The van der Waals surface area contributed by atoms with Crippen LogP contribution < -0.4 is 4.74 Å². The first kappa shape index (κ1) is 14.3. The molecule has 0 radical (unpaired) electrons. The van der Waals surface area contributed by atoms with Crippen LogP contribution in [-0.4, -0.2) is 38.6 Å². The Bertz CT molecular complexity index is 392. The average molecular weight is 266 g/mol. The zero-order valence-corrected chi connectivity index (χ0v) is 11.4. The van der Waals surface area contributed by atoms with Gasteiger partial charge in [-0.05, 0) is 36.1 Å². The Morgan fingerprint density at radius 3 is 2.95 bits per heavy atom. The maximum absolute atomic E-state index is 9.72. The minimum Gasteiger partial charge on any atom is -0.493 e. The van der Waals surface area contributed by atoms with Gasteiger partial charge in [0, 0.05) is 20.1 Å². The highest BCUT2D eigenvalue weighted by Crippen LogP contribution is 2.33. The number of benzene rings is 1. The maximum atomic E-state index is 9.72. The lowest BCUT2D eigenvalue weighted by molar-refractivity contribution is 0.0644. The summed E-state index contributed by atoms with van der Waals surface area (Å²) in [5, 5.41) is 9.72. The summed E-state index contributed by atoms with van der Waals surface area (Å²) in [6, 6.07) is 5.94.